The number of carbonyl (C=O) groups excluding carboxylic acids is 1. The highest BCUT2D eigenvalue weighted by molar-refractivity contribution is 7.84. The van der Waals surface area contributed by atoms with Crippen LogP contribution in [0.1, 0.15) is 11.1 Å². The first-order valence-corrected chi connectivity index (χ1v) is 9.12. The number of hydrogen-bond acceptors (Lipinski definition) is 3. The van der Waals surface area contributed by atoms with Crippen LogP contribution in [0.3, 0.4) is 0 Å². The lowest BCUT2D eigenvalue weighted by Crippen LogP contribution is -2.39. The Balaban J connectivity index is 1.41. The molecule has 0 fully saturated rings. The summed E-state index contributed by atoms with van der Waals surface area (Å²) < 4.78 is 17.7. The van der Waals surface area contributed by atoms with Crippen LogP contribution in [-0.4, -0.2) is 28.5 Å². The molecule has 1 amide bonds. The van der Waals surface area contributed by atoms with E-state index < -0.39 is 16.9 Å². The van der Waals surface area contributed by atoms with Gasteiger partial charge in [-0.15, -0.1) is 0 Å². The van der Waals surface area contributed by atoms with Crippen LogP contribution in [0.25, 0.3) is 0 Å². The van der Waals surface area contributed by atoms with Gasteiger partial charge in [-0.2, -0.15) is 0 Å². The van der Waals surface area contributed by atoms with Gasteiger partial charge in [-0.1, -0.05) is 48.5 Å². The van der Waals surface area contributed by atoms with Crippen LogP contribution in [-0.2, 0) is 27.8 Å². The number of amides is 1. The van der Waals surface area contributed by atoms with Gasteiger partial charge in [0, 0.05) is 35.3 Å². The van der Waals surface area contributed by atoms with E-state index in [1.807, 2.05) is 54.6 Å². The van der Waals surface area contributed by atoms with Crippen LogP contribution in [0.2, 0.25) is 0 Å². The summed E-state index contributed by atoms with van der Waals surface area (Å²) in [6.07, 6.45) is 0.115. The average Bonchev–Trinajstić information content (AvgIpc) is 3.00. The second-order valence-electron chi connectivity index (χ2n) is 5.48. The van der Waals surface area contributed by atoms with Gasteiger partial charge in [0.25, 0.3) is 5.91 Å². The second-order valence-corrected chi connectivity index (χ2v) is 7.06. The third kappa shape index (κ3) is 4.20. The SMILES string of the molecule is O=C(NCC[S@@](=O)Cc1ccccc1)[C@H]1Cc2ccccc2O1. The Morgan fingerprint density at radius 3 is 2.65 bits per heavy atom. The molecule has 1 aliphatic heterocycles. The van der Waals surface area contributed by atoms with Crippen molar-refractivity contribution in [1.82, 2.24) is 5.32 Å². The van der Waals surface area contributed by atoms with E-state index in [1.165, 1.54) is 0 Å². The molecule has 2 atom stereocenters. The zero-order chi connectivity index (χ0) is 16.1. The summed E-state index contributed by atoms with van der Waals surface area (Å²) >= 11 is 0. The van der Waals surface area contributed by atoms with Gasteiger partial charge < -0.3 is 10.1 Å². The topological polar surface area (TPSA) is 55.4 Å². The fraction of sp³-hybridized carbons (Fsp3) is 0.278. The highest BCUT2D eigenvalue weighted by Gasteiger charge is 2.28. The Kier molecular flexibility index (Phi) is 5.08. The van der Waals surface area contributed by atoms with Crippen molar-refractivity contribution in [2.75, 3.05) is 12.3 Å². The number of nitrogens with one attached hydrogen (secondary N) is 1. The molecule has 0 aliphatic carbocycles. The normalized spacial score (nSPS) is 17.1. The van der Waals surface area contributed by atoms with E-state index in [9.17, 15) is 9.00 Å². The average molecular weight is 329 g/mol. The molecule has 5 heteroatoms. The van der Waals surface area contributed by atoms with Gasteiger partial charge in [0.15, 0.2) is 6.10 Å². The molecule has 0 spiro atoms. The fourth-order valence-corrected chi connectivity index (χ4v) is 3.60. The van der Waals surface area contributed by atoms with Crippen LogP contribution < -0.4 is 10.1 Å². The second kappa shape index (κ2) is 7.42. The number of benzene rings is 2. The van der Waals surface area contributed by atoms with Crippen LogP contribution in [0.4, 0.5) is 0 Å². The van der Waals surface area contributed by atoms with Gasteiger partial charge >= 0.3 is 0 Å². The Morgan fingerprint density at radius 1 is 1.13 bits per heavy atom. The van der Waals surface area contributed by atoms with Crippen molar-refractivity contribution in [3.05, 3.63) is 65.7 Å². The lowest BCUT2D eigenvalue weighted by Gasteiger charge is -2.11. The predicted molar refractivity (Wildman–Crippen MR) is 90.7 cm³/mol. The van der Waals surface area contributed by atoms with Crippen LogP contribution in [0.5, 0.6) is 5.75 Å². The minimum atomic E-state index is -0.984. The largest absolute Gasteiger partial charge is 0.480 e. The summed E-state index contributed by atoms with van der Waals surface area (Å²) in [4.78, 5) is 12.1. The van der Waals surface area contributed by atoms with Crippen molar-refractivity contribution >= 4 is 16.7 Å². The van der Waals surface area contributed by atoms with E-state index in [1.54, 1.807) is 0 Å². The zero-order valence-corrected chi connectivity index (χ0v) is 13.6. The van der Waals surface area contributed by atoms with E-state index in [-0.39, 0.29) is 5.91 Å². The van der Waals surface area contributed by atoms with Gasteiger partial charge in [-0.05, 0) is 17.2 Å². The highest BCUT2D eigenvalue weighted by atomic mass is 32.2. The summed E-state index contributed by atoms with van der Waals surface area (Å²) in [5.41, 5.74) is 2.10. The summed E-state index contributed by atoms with van der Waals surface area (Å²) in [7, 11) is -0.984. The van der Waals surface area contributed by atoms with Gasteiger partial charge in [-0.3, -0.25) is 9.00 Å². The first kappa shape index (κ1) is 15.7. The maximum atomic E-state index is 12.1. The molecule has 0 bridgehead atoms. The predicted octanol–water partition coefficient (Wildman–Crippen LogP) is 2.06. The van der Waals surface area contributed by atoms with E-state index >= 15 is 0 Å². The van der Waals surface area contributed by atoms with Crippen molar-refractivity contribution < 1.29 is 13.7 Å². The lowest BCUT2D eigenvalue weighted by molar-refractivity contribution is -0.127. The molecule has 0 saturated heterocycles. The first-order valence-electron chi connectivity index (χ1n) is 7.63. The van der Waals surface area contributed by atoms with E-state index in [0.29, 0.717) is 24.5 Å². The molecule has 1 N–H and O–H groups in total. The van der Waals surface area contributed by atoms with Gasteiger partial charge in [-0.25, -0.2) is 0 Å². The molecule has 23 heavy (non-hydrogen) atoms. The summed E-state index contributed by atoms with van der Waals surface area (Å²) in [6.45, 7) is 0.397. The van der Waals surface area contributed by atoms with Crippen molar-refractivity contribution in [2.45, 2.75) is 18.3 Å². The van der Waals surface area contributed by atoms with E-state index in [4.69, 9.17) is 4.74 Å². The Hall–Kier alpha value is -2.14. The molecule has 0 saturated carbocycles. The number of fused-ring (bicyclic) bond motifs is 1. The standard InChI is InChI=1S/C18H19NO3S/c20-18(17-12-15-8-4-5-9-16(15)22-17)19-10-11-23(21)13-14-6-2-1-3-7-14/h1-9,17H,10-13H2,(H,19,20)/t17-,23-/m1/s1. The van der Waals surface area contributed by atoms with Crippen LogP contribution in [0.15, 0.2) is 54.6 Å². The van der Waals surface area contributed by atoms with Crippen LogP contribution >= 0.6 is 0 Å². The number of hydrogen-bond donors (Lipinski definition) is 1. The molecule has 0 unspecified atom stereocenters. The maximum Gasteiger partial charge on any atom is 0.261 e. The molecule has 0 aromatic heterocycles. The fourth-order valence-electron chi connectivity index (χ4n) is 2.56. The van der Waals surface area contributed by atoms with E-state index in [2.05, 4.69) is 5.32 Å². The Bertz CT molecular complexity index is 677. The van der Waals surface area contributed by atoms with Crippen molar-refractivity contribution in [1.29, 1.82) is 0 Å². The smallest absolute Gasteiger partial charge is 0.261 e. The maximum absolute atomic E-state index is 12.1. The molecular formula is C18H19NO3S. The number of rotatable bonds is 6. The number of ether oxygens (including phenoxy) is 1. The van der Waals surface area contributed by atoms with Crippen molar-refractivity contribution in [3.63, 3.8) is 0 Å². The molecule has 120 valence electrons. The van der Waals surface area contributed by atoms with Crippen molar-refractivity contribution in [3.8, 4) is 5.75 Å². The molecule has 2 aromatic carbocycles. The Labute approximate surface area is 138 Å². The number of carbonyl (C=O) groups is 1. The van der Waals surface area contributed by atoms with Crippen molar-refractivity contribution in [2.24, 2.45) is 0 Å². The quantitative estimate of drug-likeness (QED) is 0.882. The molecule has 1 aliphatic rings. The van der Waals surface area contributed by atoms with Crippen LogP contribution in [0, 0.1) is 0 Å². The molecule has 1 heterocycles. The molecule has 4 nitrogen and oxygen atoms in total. The molecule has 2 aromatic rings. The van der Waals surface area contributed by atoms with Gasteiger partial charge in [0.05, 0.1) is 0 Å². The lowest BCUT2D eigenvalue weighted by atomic mass is 10.1. The third-order valence-electron chi connectivity index (χ3n) is 3.74. The molecular weight excluding hydrogens is 310 g/mol. The minimum Gasteiger partial charge on any atom is -0.480 e. The summed E-state index contributed by atoms with van der Waals surface area (Å²) in [5.74, 6) is 1.60. The summed E-state index contributed by atoms with van der Waals surface area (Å²) in [5, 5.41) is 2.82. The number of para-hydroxylation sites is 1. The van der Waals surface area contributed by atoms with Gasteiger partial charge in [0.2, 0.25) is 0 Å². The minimum absolute atomic E-state index is 0.141. The third-order valence-corrected chi connectivity index (χ3v) is 5.05. The first-order chi connectivity index (χ1) is 11.2. The summed E-state index contributed by atoms with van der Waals surface area (Å²) in [6, 6.07) is 17.4. The monoisotopic (exact) mass is 329 g/mol. The zero-order valence-electron chi connectivity index (χ0n) is 12.7. The van der Waals surface area contributed by atoms with Gasteiger partial charge in [0.1, 0.15) is 5.75 Å². The van der Waals surface area contributed by atoms with E-state index in [0.717, 1.165) is 16.9 Å². The Morgan fingerprint density at radius 2 is 1.87 bits per heavy atom. The molecule has 0 radical (unpaired) electrons. The highest BCUT2D eigenvalue weighted by Crippen LogP contribution is 2.27. The molecule has 3 rings (SSSR count).